The fourth-order valence-corrected chi connectivity index (χ4v) is 4.45. The molecular weight excluding hydrogens is 510 g/mol. The summed E-state index contributed by atoms with van der Waals surface area (Å²) in [6.45, 7) is -1.25. The number of aliphatic hydroxyl groups is 10. The van der Waals surface area contributed by atoms with Crippen molar-refractivity contribution in [1.29, 1.82) is 0 Å². The molecule has 3 rings (SSSR count). The third-order valence-electron chi connectivity index (χ3n) is 6.49. The van der Waals surface area contributed by atoms with Crippen LogP contribution >= 0.6 is 0 Å². The largest absolute Gasteiger partial charge is 0.394 e. The van der Waals surface area contributed by atoms with Gasteiger partial charge in [-0.3, -0.25) is 4.79 Å². The lowest BCUT2D eigenvalue weighted by Crippen LogP contribution is -2.69. The van der Waals surface area contributed by atoms with Crippen LogP contribution in [0, 0.1) is 0 Å². The molecule has 0 radical (unpaired) electrons. The van der Waals surface area contributed by atoms with Crippen LogP contribution in [0.1, 0.15) is 6.92 Å². The molecule has 37 heavy (non-hydrogen) atoms. The van der Waals surface area contributed by atoms with Gasteiger partial charge in [0.1, 0.15) is 73.2 Å². The van der Waals surface area contributed by atoms with E-state index in [4.69, 9.17) is 23.7 Å². The van der Waals surface area contributed by atoms with Gasteiger partial charge in [-0.15, -0.1) is 0 Å². The second kappa shape index (κ2) is 12.8. The van der Waals surface area contributed by atoms with Crippen LogP contribution < -0.4 is 5.32 Å². The highest BCUT2D eigenvalue weighted by molar-refractivity contribution is 5.73. The van der Waals surface area contributed by atoms with Gasteiger partial charge in [0, 0.05) is 6.92 Å². The number of ether oxygens (including phenoxy) is 5. The van der Waals surface area contributed by atoms with Gasteiger partial charge in [0.2, 0.25) is 5.91 Å². The third kappa shape index (κ3) is 6.38. The van der Waals surface area contributed by atoms with Crippen molar-refractivity contribution < 1.29 is 79.5 Å². The van der Waals surface area contributed by atoms with Gasteiger partial charge in [-0.1, -0.05) is 0 Å². The van der Waals surface area contributed by atoms with E-state index < -0.39 is 118 Å². The molecule has 216 valence electrons. The molecule has 0 saturated carbocycles. The zero-order valence-electron chi connectivity index (χ0n) is 19.7. The molecule has 3 aliphatic rings. The van der Waals surface area contributed by atoms with E-state index in [1.807, 2.05) is 0 Å². The average molecular weight is 545 g/mol. The summed E-state index contributed by atoms with van der Waals surface area (Å²) in [6.07, 6.45) is -23.4. The van der Waals surface area contributed by atoms with Crippen LogP contribution in [0.4, 0.5) is 0 Å². The third-order valence-corrected chi connectivity index (χ3v) is 6.49. The Balaban J connectivity index is 1.90. The van der Waals surface area contributed by atoms with E-state index in [0.29, 0.717) is 0 Å². The van der Waals surface area contributed by atoms with Crippen molar-refractivity contribution >= 4 is 5.91 Å². The van der Waals surface area contributed by atoms with E-state index in [1.165, 1.54) is 0 Å². The molecule has 3 saturated heterocycles. The molecule has 0 bridgehead atoms. The Morgan fingerprint density at radius 2 is 1.14 bits per heavy atom. The zero-order chi connectivity index (χ0) is 27.6. The number of carbonyl (C=O) groups is 1. The molecule has 0 aromatic rings. The monoisotopic (exact) mass is 545 g/mol. The number of carbonyl (C=O) groups excluding carboxylic acids is 1. The SMILES string of the molecule is CC(=O)N[C@H]1[C@H](O[C@H]2[C@@H](O)[C@@H](CO)OC(O)[C@@H]2O)O[C@H](CO)[C@H](O)[C@@H]1O[C@@H]1O[C@H](CO)[C@H](O)[C@H](O)[C@H]1O. The lowest BCUT2D eigenvalue weighted by Gasteiger charge is -2.49. The van der Waals surface area contributed by atoms with Gasteiger partial charge in [0.15, 0.2) is 18.9 Å². The average Bonchev–Trinajstić information content (AvgIpc) is 2.86. The van der Waals surface area contributed by atoms with Gasteiger partial charge in [-0.05, 0) is 0 Å². The summed E-state index contributed by atoms with van der Waals surface area (Å²) in [7, 11) is 0. The van der Waals surface area contributed by atoms with Crippen LogP contribution in [0.15, 0.2) is 0 Å². The highest BCUT2D eigenvalue weighted by atomic mass is 16.7. The molecule has 3 fully saturated rings. The minimum absolute atomic E-state index is 0.694. The zero-order valence-corrected chi connectivity index (χ0v) is 19.7. The molecule has 17 nitrogen and oxygen atoms in total. The predicted octanol–water partition coefficient (Wildman–Crippen LogP) is -7.43. The Morgan fingerprint density at radius 1 is 0.649 bits per heavy atom. The topological polar surface area (TPSA) is 278 Å². The van der Waals surface area contributed by atoms with Crippen molar-refractivity contribution in [3.05, 3.63) is 0 Å². The maximum atomic E-state index is 12.0. The first-order valence-corrected chi connectivity index (χ1v) is 11.6. The molecule has 0 aromatic heterocycles. The first kappa shape index (κ1) is 30.4. The highest BCUT2D eigenvalue weighted by Gasteiger charge is 2.54. The van der Waals surface area contributed by atoms with Crippen LogP contribution in [0.25, 0.3) is 0 Å². The standard InChI is InChI=1S/C20H35NO16/c1-5(25)21-9-16(36-20-14(30)13(29)10(26)6(2-22)35-20)11(27)8(4-24)34-19(9)37-17-12(28)7(3-23)33-18(32)15(17)31/h6-20,22-24,26-32H,2-4H2,1H3,(H,21,25)/t6-,7-,8-,9-,10+,11+,12+,13+,14-,15-,16-,17+,18?,19+,20+/m1/s1. The summed E-state index contributed by atoms with van der Waals surface area (Å²) in [6, 6.07) is -1.48. The molecule has 17 heteroatoms. The quantitative estimate of drug-likeness (QED) is 0.135. The minimum atomic E-state index is -1.88. The molecule has 11 N–H and O–H groups in total. The smallest absolute Gasteiger partial charge is 0.217 e. The Bertz CT molecular complexity index is 745. The normalized spacial score (nSPS) is 49.0. The first-order chi connectivity index (χ1) is 17.4. The molecule has 3 aliphatic heterocycles. The summed E-state index contributed by atoms with van der Waals surface area (Å²) >= 11 is 0. The van der Waals surface area contributed by atoms with E-state index in [9.17, 15) is 55.9 Å². The molecule has 0 aromatic carbocycles. The number of hydrogen-bond acceptors (Lipinski definition) is 16. The maximum absolute atomic E-state index is 12.0. The summed E-state index contributed by atoms with van der Waals surface area (Å²) in [5.41, 5.74) is 0. The summed E-state index contributed by atoms with van der Waals surface area (Å²) < 4.78 is 27.1. The van der Waals surface area contributed by atoms with Crippen molar-refractivity contribution in [2.45, 2.75) is 99.0 Å². The van der Waals surface area contributed by atoms with Crippen LogP contribution in [-0.4, -0.2) is 169 Å². The van der Waals surface area contributed by atoms with Crippen LogP contribution in [0.2, 0.25) is 0 Å². The lowest BCUT2D eigenvalue weighted by atomic mass is 9.94. The number of amides is 1. The van der Waals surface area contributed by atoms with Gasteiger partial charge in [-0.25, -0.2) is 0 Å². The molecule has 0 aliphatic carbocycles. The van der Waals surface area contributed by atoms with Crippen molar-refractivity contribution in [2.24, 2.45) is 0 Å². The van der Waals surface area contributed by atoms with Gasteiger partial charge in [0.25, 0.3) is 0 Å². The van der Waals surface area contributed by atoms with Crippen LogP contribution in [0.5, 0.6) is 0 Å². The Hall–Kier alpha value is -1.13. The predicted molar refractivity (Wildman–Crippen MR) is 113 cm³/mol. The highest BCUT2D eigenvalue weighted by Crippen LogP contribution is 2.32. The fraction of sp³-hybridized carbons (Fsp3) is 0.950. The van der Waals surface area contributed by atoms with Gasteiger partial charge in [-0.2, -0.15) is 0 Å². The lowest BCUT2D eigenvalue weighted by molar-refractivity contribution is -0.363. The van der Waals surface area contributed by atoms with Gasteiger partial charge >= 0.3 is 0 Å². The van der Waals surface area contributed by atoms with E-state index >= 15 is 0 Å². The van der Waals surface area contributed by atoms with Crippen molar-refractivity contribution in [3.63, 3.8) is 0 Å². The van der Waals surface area contributed by atoms with Gasteiger partial charge < -0.3 is 80.1 Å². The molecule has 3 heterocycles. The van der Waals surface area contributed by atoms with E-state index in [2.05, 4.69) is 5.32 Å². The van der Waals surface area contributed by atoms with Crippen molar-refractivity contribution in [3.8, 4) is 0 Å². The van der Waals surface area contributed by atoms with Gasteiger partial charge in [0.05, 0.1) is 19.8 Å². The molecular formula is C20H35NO16. The Labute approximate surface area is 210 Å². The van der Waals surface area contributed by atoms with Crippen molar-refractivity contribution in [2.75, 3.05) is 19.8 Å². The summed E-state index contributed by atoms with van der Waals surface area (Å²) in [5.74, 6) is -0.694. The molecule has 0 spiro atoms. The Morgan fingerprint density at radius 3 is 1.70 bits per heavy atom. The second-order valence-electron chi connectivity index (χ2n) is 9.07. The molecule has 15 atom stereocenters. The Kier molecular flexibility index (Phi) is 10.5. The van der Waals surface area contributed by atoms with Crippen LogP contribution in [-0.2, 0) is 28.5 Å². The second-order valence-corrected chi connectivity index (χ2v) is 9.07. The minimum Gasteiger partial charge on any atom is -0.394 e. The molecule has 1 amide bonds. The fourth-order valence-electron chi connectivity index (χ4n) is 4.45. The van der Waals surface area contributed by atoms with Crippen molar-refractivity contribution in [1.82, 2.24) is 5.32 Å². The number of nitrogens with one attached hydrogen (secondary N) is 1. The summed E-state index contributed by atoms with van der Waals surface area (Å²) in [5, 5.41) is 103. The summed E-state index contributed by atoms with van der Waals surface area (Å²) in [4.78, 5) is 12.0. The number of hydrogen-bond donors (Lipinski definition) is 11. The number of aliphatic hydroxyl groups excluding tert-OH is 10. The maximum Gasteiger partial charge on any atom is 0.217 e. The first-order valence-electron chi connectivity index (χ1n) is 11.6. The van der Waals surface area contributed by atoms with E-state index in [0.717, 1.165) is 6.92 Å². The van der Waals surface area contributed by atoms with Crippen LogP contribution in [0.3, 0.4) is 0 Å². The molecule has 1 unspecified atom stereocenters. The van der Waals surface area contributed by atoms with E-state index in [1.54, 1.807) is 0 Å². The number of rotatable bonds is 8. The van der Waals surface area contributed by atoms with E-state index in [-0.39, 0.29) is 0 Å².